The third-order valence-corrected chi connectivity index (χ3v) is 15.0. The van der Waals surface area contributed by atoms with E-state index in [0.29, 0.717) is 29.3 Å². The number of benzene rings is 2. The number of rotatable bonds is 41. The Labute approximate surface area is 456 Å². The second-order valence-electron chi connectivity index (χ2n) is 21.0. The predicted octanol–water partition coefficient (Wildman–Crippen LogP) is 17.3. The van der Waals surface area contributed by atoms with Crippen molar-refractivity contribution in [1.82, 2.24) is 4.90 Å². The molecular formula is C61H95Cl2NO10. The van der Waals surface area contributed by atoms with E-state index < -0.39 is 36.3 Å². The maximum Gasteiger partial charge on any atom is 0.413 e. The Balaban J connectivity index is 1.41. The minimum Gasteiger partial charge on any atom is -0.462 e. The Kier molecular flexibility index (Phi) is 34.4. The predicted molar refractivity (Wildman–Crippen MR) is 297 cm³/mol. The summed E-state index contributed by atoms with van der Waals surface area (Å²) in [6, 6.07) is 13.4. The molecule has 1 amide bonds. The Morgan fingerprint density at radius 1 is 0.527 bits per heavy atom. The molecule has 0 fully saturated rings. The van der Waals surface area contributed by atoms with Gasteiger partial charge < -0.3 is 28.6 Å². The SMILES string of the molecule is CCCCCCCCCCCCCCCC(=O)OCC(COC(=O)CCCCCCCCCCCCCCC)OC(=O)CC(C)CC(=O)OC(C)OC(=O)N(C)C1CC[C@@H](c2ccc(Cl)c(Cl)c2)c2ccccc21. The van der Waals surface area contributed by atoms with E-state index in [-0.39, 0.29) is 62.8 Å². The molecule has 4 atom stereocenters. The standard InChI is InChI=1S/C61H95Cl2NO10/c1-6-8-10-12-14-16-18-20-22-24-26-28-30-36-57(65)70-45-50(46-71-58(66)37-31-29-27-25-23-21-19-17-15-13-11-9-7-2)74-60(68)43-47(3)42-59(67)72-48(4)73-61(69)64(5)56-41-39-51(52-34-32-33-35-53(52)56)49-38-40-54(62)55(63)44-49/h32-35,38,40,44,47-48,50-51,56H,6-31,36-37,39,41-43,45-46H2,1-5H3/t47?,48?,51-,56?/m0/s1. The van der Waals surface area contributed by atoms with Gasteiger partial charge in [0, 0.05) is 45.6 Å². The van der Waals surface area contributed by atoms with Crippen LogP contribution in [0.25, 0.3) is 0 Å². The first-order valence-electron chi connectivity index (χ1n) is 29.0. The summed E-state index contributed by atoms with van der Waals surface area (Å²) in [6.45, 7) is 7.19. The number of nitrogens with zero attached hydrogens (tertiary/aromatic N) is 1. The molecule has 2 aromatic rings. The molecule has 418 valence electrons. The van der Waals surface area contributed by atoms with Crippen LogP contribution >= 0.6 is 23.2 Å². The number of carbonyl (C=O) groups excluding carboxylic acids is 5. The molecule has 3 unspecified atom stereocenters. The summed E-state index contributed by atoms with van der Waals surface area (Å²) in [5, 5.41) is 0.984. The average Bonchev–Trinajstić information content (AvgIpc) is 3.37. The van der Waals surface area contributed by atoms with E-state index >= 15 is 0 Å². The smallest absolute Gasteiger partial charge is 0.413 e. The molecule has 11 nitrogen and oxygen atoms in total. The van der Waals surface area contributed by atoms with Crippen LogP contribution in [0.2, 0.25) is 10.0 Å². The van der Waals surface area contributed by atoms with Crippen LogP contribution in [-0.4, -0.2) is 67.5 Å². The second kappa shape index (κ2) is 39.5. The zero-order chi connectivity index (χ0) is 53.8. The fourth-order valence-electron chi connectivity index (χ4n) is 9.94. The van der Waals surface area contributed by atoms with Crippen molar-refractivity contribution in [3.05, 3.63) is 69.2 Å². The Hall–Kier alpha value is -3.83. The molecule has 0 aromatic heterocycles. The summed E-state index contributed by atoms with van der Waals surface area (Å²) in [5.74, 6) is -2.48. The first-order chi connectivity index (χ1) is 35.8. The maximum absolute atomic E-state index is 13.4. The lowest BCUT2D eigenvalue weighted by atomic mass is 9.76. The molecule has 1 aliphatic rings. The molecule has 0 bridgehead atoms. The van der Waals surface area contributed by atoms with Crippen molar-refractivity contribution >= 4 is 53.2 Å². The van der Waals surface area contributed by atoms with E-state index in [1.165, 1.54) is 127 Å². The van der Waals surface area contributed by atoms with Crippen LogP contribution in [0.5, 0.6) is 0 Å². The van der Waals surface area contributed by atoms with Crippen LogP contribution in [0, 0.1) is 5.92 Å². The van der Waals surface area contributed by atoms with Crippen molar-refractivity contribution in [1.29, 1.82) is 0 Å². The molecule has 0 saturated carbocycles. The fraction of sp³-hybridized carbons (Fsp3) is 0.721. The lowest BCUT2D eigenvalue weighted by Gasteiger charge is -2.36. The number of ether oxygens (including phenoxy) is 5. The van der Waals surface area contributed by atoms with E-state index in [0.717, 1.165) is 61.6 Å². The van der Waals surface area contributed by atoms with Crippen LogP contribution in [0.1, 0.15) is 262 Å². The van der Waals surface area contributed by atoms with Gasteiger partial charge in [-0.2, -0.15) is 0 Å². The molecule has 74 heavy (non-hydrogen) atoms. The van der Waals surface area contributed by atoms with Gasteiger partial charge in [-0.25, -0.2) is 4.79 Å². The highest BCUT2D eigenvalue weighted by Crippen LogP contribution is 2.44. The Morgan fingerprint density at radius 2 is 0.959 bits per heavy atom. The Bertz CT molecular complexity index is 1850. The van der Waals surface area contributed by atoms with E-state index in [1.807, 2.05) is 30.3 Å². The highest BCUT2D eigenvalue weighted by Gasteiger charge is 2.34. The van der Waals surface area contributed by atoms with Gasteiger partial charge in [0.2, 0.25) is 6.29 Å². The molecule has 2 aromatic carbocycles. The van der Waals surface area contributed by atoms with Gasteiger partial charge in [-0.05, 0) is 60.4 Å². The third kappa shape index (κ3) is 27.8. The summed E-state index contributed by atoms with van der Waals surface area (Å²) in [4.78, 5) is 66.7. The quantitative estimate of drug-likeness (QED) is 0.0274. The van der Waals surface area contributed by atoms with Gasteiger partial charge >= 0.3 is 30.0 Å². The van der Waals surface area contributed by atoms with Crippen molar-refractivity contribution in [2.45, 2.75) is 258 Å². The second-order valence-corrected chi connectivity index (χ2v) is 21.8. The molecule has 1 aliphatic carbocycles. The number of carbonyl (C=O) groups is 5. The average molecular weight is 1070 g/mol. The van der Waals surface area contributed by atoms with Crippen molar-refractivity contribution in [2.24, 2.45) is 5.92 Å². The van der Waals surface area contributed by atoms with Gasteiger partial charge in [0.15, 0.2) is 6.10 Å². The number of halogens is 2. The lowest BCUT2D eigenvalue weighted by Crippen LogP contribution is -2.37. The van der Waals surface area contributed by atoms with E-state index in [4.69, 9.17) is 46.9 Å². The number of fused-ring (bicyclic) bond motifs is 1. The molecule has 0 heterocycles. The normalized spacial score (nSPS) is 15.0. The highest BCUT2D eigenvalue weighted by molar-refractivity contribution is 6.42. The van der Waals surface area contributed by atoms with Crippen LogP contribution in [0.4, 0.5) is 4.79 Å². The van der Waals surface area contributed by atoms with E-state index in [2.05, 4.69) is 19.9 Å². The first-order valence-corrected chi connectivity index (χ1v) is 29.8. The first kappa shape index (κ1) is 64.5. The van der Waals surface area contributed by atoms with Crippen molar-refractivity contribution in [3.63, 3.8) is 0 Å². The van der Waals surface area contributed by atoms with Crippen LogP contribution in [0.15, 0.2) is 42.5 Å². The molecule has 3 rings (SSSR count). The third-order valence-electron chi connectivity index (χ3n) is 14.3. The summed E-state index contributed by atoms with van der Waals surface area (Å²) < 4.78 is 27.8. The largest absolute Gasteiger partial charge is 0.462 e. The van der Waals surface area contributed by atoms with Crippen molar-refractivity contribution in [3.8, 4) is 0 Å². The topological polar surface area (TPSA) is 135 Å². The van der Waals surface area contributed by atoms with Crippen LogP contribution < -0.4 is 0 Å². The molecular weight excluding hydrogens is 978 g/mol. The van der Waals surface area contributed by atoms with Gasteiger partial charge in [0.25, 0.3) is 0 Å². The zero-order valence-electron chi connectivity index (χ0n) is 46.3. The van der Waals surface area contributed by atoms with Crippen LogP contribution in [-0.2, 0) is 42.9 Å². The fourth-order valence-corrected chi connectivity index (χ4v) is 10.2. The summed E-state index contributed by atoms with van der Waals surface area (Å²) in [5.41, 5.74) is 3.13. The summed E-state index contributed by atoms with van der Waals surface area (Å²) in [6.07, 6.45) is 30.1. The number of esters is 4. The molecule has 0 N–H and O–H groups in total. The minimum absolute atomic E-state index is 0.0778. The van der Waals surface area contributed by atoms with E-state index in [1.54, 1.807) is 20.0 Å². The van der Waals surface area contributed by atoms with Gasteiger partial charge in [-0.15, -0.1) is 0 Å². The molecule has 0 radical (unpaired) electrons. The molecule has 0 saturated heterocycles. The maximum atomic E-state index is 13.4. The van der Waals surface area contributed by atoms with Crippen molar-refractivity contribution < 1.29 is 47.7 Å². The van der Waals surface area contributed by atoms with Gasteiger partial charge in [0.05, 0.1) is 16.1 Å². The number of hydrogen-bond acceptors (Lipinski definition) is 10. The van der Waals surface area contributed by atoms with Gasteiger partial charge in [-0.1, -0.05) is 228 Å². The zero-order valence-corrected chi connectivity index (χ0v) is 47.8. The Morgan fingerprint density at radius 3 is 1.42 bits per heavy atom. The molecule has 0 spiro atoms. The van der Waals surface area contributed by atoms with Gasteiger partial charge in [-0.3, -0.25) is 19.2 Å². The number of unbranched alkanes of at least 4 members (excludes halogenated alkanes) is 24. The molecule has 0 aliphatic heterocycles. The monoisotopic (exact) mass is 1070 g/mol. The number of hydrogen-bond donors (Lipinski definition) is 0. The van der Waals surface area contributed by atoms with Crippen LogP contribution in [0.3, 0.4) is 0 Å². The van der Waals surface area contributed by atoms with Gasteiger partial charge in [0.1, 0.15) is 13.2 Å². The highest BCUT2D eigenvalue weighted by atomic mass is 35.5. The lowest BCUT2D eigenvalue weighted by molar-refractivity contribution is -0.170. The van der Waals surface area contributed by atoms with E-state index in [9.17, 15) is 24.0 Å². The minimum atomic E-state index is -1.19. The number of amides is 1. The van der Waals surface area contributed by atoms with Crippen molar-refractivity contribution in [2.75, 3.05) is 20.3 Å². The summed E-state index contributed by atoms with van der Waals surface area (Å²) >= 11 is 12.6. The molecule has 13 heteroatoms. The summed E-state index contributed by atoms with van der Waals surface area (Å²) in [7, 11) is 1.67.